The number of aromatic nitrogens is 3. The molecular formula is C9H9BrN4. The van der Waals surface area contributed by atoms with Crippen molar-refractivity contribution in [1.82, 2.24) is 15.0 Å². The highest BCUT2D eigenvalue weighted by molar-refractivity contribution is 9.10. The molecule has 0 unspecified atom stereocenters. The Balaban J connectivity index is 2.54. The molecule has 0 aliphatic carbocycles. The van der Waals surface area contributed by atoms with Gasteiger partial charge in [-0.3, -0.25) is 0 Å². The Morgan fingerprint density at radius 1 is 1.50 bits per heavy atom. The van der Waals surface area contributed by atoms with E-state index in [1.165, 1.54) is 12.3 Å². The molecule has 0 aromatic carbocycles. The lowest BCUT2D eigenvalue weighted by molar-refractivity contribution is 1.13. The smallest absolute Gasteiger partial charge is 0.224 e. The van der Waals surface area contributed by atoms with E-state index in [1.54, 1.807) is 0 Å². The van der Waals surface area contributed by atoms with Crippen molar-refractivity contribution in [3.8, 4) is 0 Å². The molecule has 14 heavy (non-hydrogen) atoms. The van der Waals surface area contributed by atoms with E-state index >= 15 is 0 Å². The summed E-state index contributed by atoms with van der Waals surface area (Å²) in [6.45, 7) is -4.83. The molecule has 0 saturated carbocycles. The highest BCUT2D eigenvalue weighted by atomic mass is 79.9. The summed E-state index contributed by atoms with van der Waals surface area (Å²) in [5.41, 5.74) is -0.0235. The molecule has 0 aliphatic rings. The van der Waals surface area contributed by atoms with Crippen LogP contribution < -0.4 is 5.32 Å². The van der Waals surface area contributed by atoms with Crippen LogP contribution in [0.2, 0.25) is 0 Å². The number of hydrogen-bond donors (Lipinski definition) is 1. The fraction of sp³-hybridized carbons (Fsp3) is 0.222. The van der Waals surface area contributed by atoms with Crippen LogP contribution in [0.4, 0.5) is 5.95 Å². The predicted octanol–water partition coefficient (Wildman–Crippen LogP) is 2.14. The van der Waals surface area contributed by atoms with E-state index in [0.717, 1.165) is 0 Å². The summed E-state index contributed by atoms with van der Waals surface area (Å²) in [6, 6.07) is 1.53. The Morgan fingerprint density at radius 2 is 2.43 bits per heavy atom. The average Bonchev–Trinajstić information content (AvgIpc) is 2.25. The third kappa shape index (κ3) is 1.55. The second kappa shape index (κ2) is 3.49. The lowest BCUT2D eigenvalue weighted by Crippen LogP contribution is -1.97. The van der Waals surface area contributed by atoms with E-state index < -0.39 is 13.8 Å². The number of halogens is 1. The van der Waals surface area contributed by atoms with Gasteiger partial charge < -0.3 is 5.32 Å². The summed E-state index contributed by atoms with van der Waals surface area (Å²) in [6.07, 6.45) is 1.37. The van der Waals surface area contributed by atoms with Gasteiger partial charge >= 0.3 is 0 Å². The van der Waals surface area contributed by atoms with Crippen molar-refractivity contribution < 1.29 is 8.22 Å². The van der Waals surface area contributed by atoms with Crippen LogP contribution >= 0.6 is 15.9 Å². The molecule has 0 amide bonds. The number of anilines is 1. The van der Waals surface area contributed by atoms with Gasteiger partial charge in [-0.2, -0.15) is 4.98 Å². The van der Waals surface area contributed by atoms with Gasteiger partial charge in [-0.05, 0) is 28.8 Å². The van der Waals surface area contributed by atoms with E-state index in [4.69, 9.17) is 8.22 Å². The Labute approximate surface area is 98.3 Å². The summed E-state index contributed by atoms with van der Waals surface area (Å²) in [5.74, 6) is -0.135. The zero-order chi connectivity index (χ0) is 15.1. The summed E-state index contributed by atoms with van der Waals surface area (Å²) < 4.78 is 43.7. The van der Waals surface area contributed by atoms with Gasteiger partial charge in [0.05, 0.1) is 5.69 Å². The maximum Gasteiger partial charge on any atom is 0.224 e. The predicted molar refractivity (Wildman–Crippen MR) is 59.3 cm³/mol. The van der Waals surface area contributed by atoms with Crippen molar-refractivity contribution in [2.45, 2.75) is 6.85 Å². The minimum Gasteiger partial charge on any atom is -0.357 e. The third-order valence-electron chi connectivity index (χ3n) is 1.63. The molecule has 72 valence electrons. The molecule has 0 spiro atoms. The van der Waals surface area contributed by atoms with Crippen LogP contribution in [0.1, 0.15) is 13.9 Å². The van der Waals surface area contributed by atoms with Gasteiger partial charge in [0, 0.05) is 31.3 Å². The number of fused-ring (bicyclic) bond motifs is 1. The van der Waals surface area contributed by atoms with E-state index in [2.05, 4.69) is 36.2 Å². The average molecular weight is 259 g/mol. The lowest BCUT2D eigenvalue weighted by atomic mass is 10.3. The normalized spacial score (nSPS) is 18.6. The number of hydrogen-bond acceptors (Lipinski definition) is 4. The number of nitrogens with zero attached hydrogens (tertiary/aromatic N) is 3. The van der Waals surface area contributed by atoms with E-state index in [1.807, 2.05) is 0 Å². The molecule has 4 nitrogen and oxygen atoms in total. The van der Waals surface area contributed by atoms with Gasteiger partial charge in [-0.1, -0.05) is 0 Å². The first-order valence-electron chi connectivity index (χ1n) is 6.68. The molecule has 0 bridgehead atoms. The molecule has 5 heteroatoms. The van der Waals surface area contributed by atoms with Gasteiger partial charge in [0.15, 0.2) is 5.65 Å². The zero-order valence-corrected chi connectivity index (χ0v) is 8.46. The van der Waals surface area contributed by atoms with Crippen LogP contribution in [-0.4, -0.2) is 21.9 Å². The van der Waals surface area contributed by atoms with Crippen molar-refractivity contribution in [2.75, 3.05) is 12.3 Å². The van der Waals surface area contributed by atoms with Gasteiger partial charge in [0.1, 0.15) is 0 Å². The van der Waals surface area contributed by atoms with Crippen molar-refractivity contribution in [3.05, 3.63) is 22.4 Å². The molecule has 2 aromatic rings. The van der Waals surface area contributed by atoms with Crippen molar-refractivity contribution in [1.29, 1.82) is 0 Å². The van der Waals surface area contributed by atoms with Crippen molar-refractivity contribution in [2.24, 2.45) is 0 Å². The van der Waals surface area contributed by atoms with Crippen LogP contribution in [-0.2, 0) is 0 Å². The van der Waals surface area contributed by atoms with Gasteiger partial charge in [0.2, 0.25) is 5.95 Å². The second-order valence-corrected chi connectivity index (χ2v) is 3.40. The molecule has 2 heterocycles. The fourth-order valence-corrected chi connectivity index (χ4v) is 1.33. The summed E-state index contributed by atoms with van der Waals surface area (Å²) >= 11 is 3.14. The summed E-state index contributed by atoms with van der Waals surface area (Å²) in [4.78, 5) is 11.7. The second-order valence-electron chi connectivity index (χ2n) is 2.55. The van der Waals surface area contributed by atoms with E-state index in [0.29, 0.717) is 9.86 Å². The van der Waals surface area contributed by atoms with E-state index in [-0.39, 0.29) is 17.3 Å². The third-order valence-corrected chi connectivity index (χ3v) is 2.24. The minimum atomic E-state index is -2.43. The molecule has 0 radical (unpaired) electrons. The fourth-order valence-electron chi connectivity index (χ4n) is 0.998. The first kappa shape index (κ1) is 4.53. The summed E-state index contributed by atoms with van der Waals surface area (Å²) in [5, 5.41) is 2.63. The maximum atomic E-state index is 7.38. The lowest BCUT2D eigenvalue weighted by Gasteiger charge is -2.02. The molecule has 1 N–H and O–H groups in total. The van der Waals surface area contributed by atoms with Crippen LogP contribution in [0, 0.1) is 6.85 Å². The largest absolute Gasteiger partial charge is 0.357 e. The highest BCUT2D eigenvalue weighted by Crippen LogP contribution is 2.19. The van der Waals surface area contributed by atoms with E-state index in [9.17, 15) is 0 Å². The van der Waals surface area contributed by atoms with Crippen LogP contribution in [0.5, 0.6) is 0 Å². The molecule has 2 aromatic heterocycles. The zero-order valence-electron chi connectivity index (χ0n) is 12.9. The number of nitrogens with one attached hydrogen (secondary N) is 1. The quantitative estimate of drug-likeness (QED) is 0.852. The first-order chi connectivity index (χ1) is 9.06. The molecule has 2 rings (SSSR count). The van der Waals surface area contributed by atoms with Gasteiger partial charge in [0.25, 0.3) is 0 Å². The van der Waals surface area contributed by atoms with Crippen LogP contribution in [0.25, 0.3) is 11.0 Å². The van der Waals surface area contributed by atoms with Crippen LogP contribution in [0.15, 0.2) is 16.7 Å². The standard InChI is InChI=1S/C9H9BrN4/c1-5-7(10)3-6-4-12-9(11-2)14-8(6)13-5/h3-4H,1-2H3,(H,11,12,13,14)/i1D3,2D3. The highest BCUT2D eigenvalue weighted by Gasteiger charge is 2.03. The van der Waals surface area contributed by atoms with Gasteiger partial charge in [-0.15, -0.1) is 0 Å². The minimum absolute atomic E-state index is 0.112. The molecule has 0 atom stereocenters. The number of rotatable bonds is 1. The van der Waals surface area contributed by atoms with Crippen molar-refractivity contribution in [3.63, 3.8) is 0 Å². The molecule has 0 fully saturated rings. The Morgan fingerprint density at radius 3 is 3.21 bits per heavy atom. The summed E-state index contributed by atoms with van der Waals surface area (Å²) in [7, 11) is 0. The van der Waals surface area contributed by atoms with Gasteiger partial charge in [-0.25, -0.2) is 9.97 Å². The Kier molecular flexibility index (Phi) is 1.13. The topological polar surface area (TPSA) is 50.7 Å². The molecule has 0 aliphatic heterocycles. The maximum absolute atomic E-state index is 7.38. The number of pyridine rings is 1. The number of aryl methyl sites for hydroxylation is 1. The SMILES string of the molecule is [2H]C([2H])([2H])Nc1ncc2cc(Br)c(C([2H])([2H])[2H])nc2n1. The monoisotopic (exact) mass is 258 g/mol. The molecule has 0 saturated heterocycles. The molecular weight excluding hydrogens is 244 g/mol. The first-order valence-corrected chi connectivity index (χ1v) is 4.47. The Hall–Kier alpha value is -1.23. The van der Waals surface area contributed by atoms with Crippen molar-refractivity contribution >= 4 is 32.9 Å². The Bertz CT molecular complexity index is 653. The van der Waals surface area contributed by atoms with Crippen LogP contribution in [0.3, 0.4) is 0 Å².